The number of amides is 2. The van der Waals surface area contributed by atoms with Crippen LogP contribution in [0.25, 0.3) is 16.8 Å². The molecule has 0 unspecified atom stereocenters. The van der Waals surface area contributed by atoms with Crippen molar-refractivity contribution in [2.75, 3.05) is 20.3 Å². The molecule has 2 amide bonds. The Hall–Kier alpha value is -4.23. The fourth-order valence-electron chi connectivity index (χ4n) is 3.98. The Morgan fingerprint density at radius 1 is 0.811 bits per heavy atom. The van der Waals surface area contributed by atoms with Crippen LogP contribution in [0.3, 0.4) is 0 Å². The van der Waals surface area contributed by atoms with Crippen LogP contribution >= 0.6 is 11.8 Å². The predicted octanol–water partition coefficient (Wildman–Crippen LogP) is 6.54. The first-order valence-electron chi connectivity index (χ1n) is 11.8. The Kier molecular flexibility index (Phi) is 7.42. The standard InChI is InChI=1S/C30H25NO5S/c1-34-26-8-4-5-9-27(26)35-17-16-31-29(32)28(37-30(31)33)19-21-11-14-25(15-12-21)36-20-22-10-13-23-6-2-3-7-24(23)18-22/h2-15,18-19H,16-17,20H2,1H3/b28-19-. The third-order valence-electron chi connectivity index (χ3n) is 5.91. The highest BCUT2D eigenvalue weighted by molar-refractivity contribution is 8.18. The number of benzene rings is 4. The van der Waals surface area contributed by atoms with Gasteiger partial charge in [-0.05, 0) is 70.1 Å². The van der Waals surface area contributed by atoms with Crippen LogP contribution in [-0.2, 0) is 11.4 Å². The monoisotopic (exact) mass is 511 g/mol. The summed E-state index contributed by atoms with van der Waals surface area (Å²) in [6, 6.07) is 29.2. The molecule has 1 saturated heterocycles. The Bertz CT molecular complexity index is 1460. The number of carbonyl (C=O) groups is 2. The maximum Gasteiger partial charge on any atom is 0.293 e. The predicted molar refractivity (Wildman–Crippen MR) is 146 cm³/mol. The first kappa shape index (κ1) is 24.5. The van der Waals surface area contributed by atoms with Crippen molar-refractivity contribution < 1.29 is 23.8 Å². The number of hydrogen-bond donors (Lipinski definition) is 0. The molecule has 1 aliphatic heterocycles. The minimum absolute atomic E-state index is 0.154. The summed E-state index contributed by atoms with van der Waals surface area (Å²) in [4.78, 5) is 26.8. The number of fused-ring (bicyclic) bond motifs is 1. The van der Waals surface area contributed by atoms with Crippen molar-refractivity contribution in [2.24, 2.45) is 0 Å². The van der Waals surface area contributed by atoms with Gasteiger partial charge in [0, 0.05) is 0 Å². The van der Waals surface area contributed by atoms with Crippen molar-refractivity contribution in [3.8, 4) is 17.2 Å². The second-order valence-corrected chi connectivity index (χ2v) is 9.37. The van der Waals surface area contributed by atoms with E-state index in [2.05, 4.69) is 30.3 Å². The average Bonchev–Trinajstić information content (AvgIpc) is 3.20. The van der Waals surface area contributed by atoms with E-state index >= 15 is 0 Å². The van der Waals surface area contributed by atoms with Gasteiger partial charge < -0.3 is 14.2 Å². The van der Waals surface area contributed by atoms with Gasteiger partial charge in [-0.1, -0.05) is 60.7 Å². The summed E-state index contributed by atoms with van der Waals surface area (Å²) in [6.45, 7) is 0.788. The first-order chi connectivity index (χ1) is 18.1. The number of carbonyl (C=O) groups excluding carboxylic acids is 2. The second-order valence-electron chi connectivity index (χ2n) is 8.37. The van der Waals surface area contributed by atoms with Gasteiger partial charge >= 0.3 is 0 Å². The molecule has 1 fully saturated rings. The molecule has 1 heterocycles. The summed E-state index contributed by atoms with van der Waals surface area (Å²) in [5.41, 5.74) is 1.90. The van der Waals surface area contributed by atoms with Gasteiger partial charge in [-0.15, -0.1) is 0 Å². The zero-order valence-corrected chi connectivity index (χ0v) is 21.1. The van der Waals surface area contributed by atoms with E-state index in [0.717, 1.165) is 28.6 Å². The van der Waals surface area contributed by atoms with Crippen LogP contribution in [0.2, 0.25) is 0 Å². The van der Waals surface area contributed by atoms with E-state index in [1.807, 2.05) is 48.5 Å². The van der Waals surface area contributed by atoms with Crippen LogP contribution in [0.4, 0.5) is 4.79 Å². The molecular formula is C30H25NO5S. The molecule has 6 nitrogen and oxygen atoms in total. The minimum atomic E-state index is -0.324. The van der Waals surface area contributed by atoms with Gasteiger partial charge in [-0.3, -0.25) is 14.5 Å². The largest absolute Gasteiger partial charge is 0.493 e. The summed E-state index contributed by atoms with van der Waals surface area (Å²) < 4.78 is 16.9. The molecule has 0 saturated carbocycles. The van der Waals surface area contributed by atoms with Gasteiger partial charge in [0.2, 0.25) is 0 Å². The quantitative estimate of drug-likeness (QED) is 0.238. The zero-order valence-electron chi connectivity index (χ0n) is 20.3. The van der Waals surface area contributed by atoms with Crippen molar-refractivity contribution in [1.29, 1.82) is 0 Å². The van der Waals surface area contributed by atoms with E-state index < -0.39 is 0 Å². The van der Waals surface area contributed by atoms with Gasteiger partial charge in [0.15, 0.2) is 11.5 Å². The molecule has 0 bridgehead atoms. The van der Waals surface area contributed by atoms with E-state index in [1.54, 1.807) is 25.3 Å². The van der Waals surface area contributed by atoms with E-state index in [1.165, 1.54) is 15.7 Å². The van der Waals surface area contributed by atoms with Gasteiger partial charge in [-0.2, -0.15) is 0 Å². The average molecular weight is 512 g/mol. The van der Waals surface area contributed by atoms with Gasteiger partial charge in [0.05, 0.1) is 18.6 Å². The maximum atomic E-state index is 12.8. The number of nitrogens with zero attached hydrogens (tertiary/aromatic N) is 1. The Morgan fingerprint density at radius 3 is 2.32 bits per heavy atom. The second kappa shape index (κ2) is 11.2. The molecule has 1 aliphatic rings. The molecule has 5 rings (SSSR count). The number of methoxy groups -OCH3 is 1. The fraction of sp³-hybridized carbons (Fsp3) is 0.133. The van der Waals surface area contributed by atoms with Crippen LogP contribution in [0.15, 0.2) is 95.9 Å². The normalized spacial score (nSPS) is 14.4. The topological polar surface area (TPSA) is 65.1 Å². The van der Waals surface area contributed by atoms with Gasteiger partial charge in [0.25, 0.3) is 11.1 Å². The molecule has 4 aromatic carbocycles. The number of para-hydroxylation sites is 2. The number of thioether (sulfide) groups is 1. The van der Waals surface area contributed by atoms with E-state index in [9.17, 15) is 9.59 Å². The third kappa shape index (κ3) is 5.78. The Balaban J connectivity index is 1.17. The van der Waals surface area contributed by atoms with Crippen LogP contribution in [0.5, 0.6) is 17.2 Å². The van der Waals surface area contributed by atoms with Crippen molar-refractivity contribution in [1.82, 2.24) is 4.90 Å². The number of rotatable bonds is 9. The zero-order chi connectivity index (χ0) is 25.6. The Labute approximate surface area is 219 Å². The lowest BCUT2D eigenvalue weighted by Gasteiger charge is -2.14. The molecule has 7 heteroatoms. The van der Waals surface area contributed by atoms with Crippen molar-refractivity contribution in [3.05, 3.63) is 107 Å². The lowest BCUT2D eigenvalue weighted by Crippen LogP contribution is -2.32. The van der Waals surface area contributed by atoms with Crippen molar-refractivity contribution >= 4 is 39.8 Å². The smallest absolute Gasteiger partial charge is 0.293 e. The Morgan fingerprint density at radius 2 is 1.54 bits per heavy atom. The maximum absolute atomic E-state index is 12.8. The molecule has 0 radical (unpaired) electrons. The first-order valence-corrected chi connectivity index (χ1v) is 12.6. The number of imide groups is 1. The summed E-state index contributed by atoms with van der Waals surface area (Å²) in [5.74, 6) is 1.57. The van der Waals surface area contributed by atoms with E-state index in [4.69, 9.17) is 14.2 Å². The van der Waals surface area contributed by atoms with Crippen LogP contribution < -0.4 is 14.2 Å². The fourth-order valence-corrected chi connectivity index (χ4v) is 4.85. The van der Waals surface area contributed by atoms with Crippen molar-refractivity contribution in [3.63, 3.8) is 0 Å². The van der Waals surface area contributed by atoms with E-state index in [0.29, 0.717) is 23.0 Å². The molecular weight excluding hydrogens is 486 g/mol. The third-order valence-corrected chi connectivity index (χ3v) is 6.82. The van der Waals surface area contributed by atoms with Crippen LogP contribution in [-0.4, -0.2) is 36.3 Å². The van der Waals surface area contributed by atoms with Gasteiger partial charge in [0.1, 0.15) is 19.0 Å². The highest BCUT2D eigenvalue weighted by Gasteiger charge is 2.34. The number of ether oxygens (including phenoxy) is 3. The van der Waals surface area contributed by atoms with Crippen molar-refractivity contribution in [2.45, 2.75) is 6.61 Å². The lowest BCUT2D eigenvalue weighted by molar-refractivity contribution is -0.123. The molecule has 0 spiro atoms. The molecule has 0 N–H and O–H groups in total. The molecule has 186 valence electrons. The SMILES string of the molecule is COc1ccccc1OCCN1C(=O)S/C(=C\c2ccc(OCc3ccc4ccccc4c3)cc2)C1=O. The number of hydrogen-bond acceptors (Lipinski definition) is 6. The highest BCUT2D eigenvalue weighted by atomic mass is 32.2. The van der Waals surface area contributed by atoms with E-state index in [-0.39, 0.29) is 24.3 Å². The van der Waals surface area contributed by atoms with Crippen LogP contribution in [0, 0.1) is 0 Å². The summed E-state index contributed by atoms with van der Waals surface area (Å²) in [7, 11) is 1.56. The molecule has 0 aromatic heterocycles. The molecule has 0 aliphatic carbocycles. The molecule has 37 heavy (non-hydrogen) atoms. The summed E-state index contributed by atoms with van der Waals surface area (Å²) in [6.07, 6.45) is 1.72. The molecule has 4 aromatic rings. The van der Waals surface area contributed by atoms with Crippen LogP contribution in [0.1, 0.15) is 11.1 Å². The lowest BCUT2D eigenvalue weighted by atomic mass is 10.1. The minimum Gasteiger partial charge on any atom is -0.493 e. The highest BCUT2D eigenvalue weighted by Crippen LogP contribution is 2.33. The summed E-state index contributed by atoms with van der Waals surface area (Å²) in [5, 5.41) is 2.07. The molecule has 0 atom stereocenters. The van der Waals surface area contributed by atoms with Gasteiger partial charge in [-0.25, -0.2) is 0 Å². The summed E-state index contributed by atoms with van der Waals surface area (Å²) >= 11 is 0.930.